The van der Waals surface area contributed by atoms with E-state index >= 15 is 0 Å². The molecule has 1 aromatic heterocycles. The number of hydrogen-bond donors (Lipinski definition) is 3. The Morgan fingerprint density at radius 1 is 1.40 bits per heavy atom. The van der Waals surface area contributed by atoms with Gasteiger partial charge in [-0.1, -0.05) is 25.1 Å². The number of pyridine rings is 1. The van der Waals surface area contributed by atoms with Crippen LogP contribution in [0, 0.1) is 0 Å². The van der Waals surface area contributed by atoms with Gasteiger partial charge in [-0.15, -0.1) is 0 Å². The van der Waals surface area contributed by atoms with Crippen molar-refractivity contribution in [2.24, 2.45) is 0 Å². The van der Waals surface area contributed by atoms with E-state index in [0.29, 0.717) is 5.69 Å². The maximum Gasteiger partial charge on any atom is 0.309 e. The predicted octanol–water partition coefficient (Wildman–Crippen LogP) is 2.04. The maximum absolute atomic E-state index is 10.9. The lowest BCUT2D eigenvalue weighted by molar-refractivity contribution is -0.136. The Kier molecular flexibility index (Phi) is 4.53. The molecular formula is C15H18N2O3. The number of aliphatic carboxylic acids is 1. The maximum atomic E-state index is 10.9. The third-order valence-electron chi connectivity index (χ3n) is 3.17. The molecule has 2 rings (SSSR count). The van der Waals surface area contributed by atoms with Crippen molar-refractivity contribution in [3.63, 3.8) is 0 Å². The van der Waals surface area contributed by atoms with Gasteiger partial charge < -0.3 is 15.5 Å². The zero-order chi connectivity index (χ0) is 14.5. The van der Waals surface area contributed by atoms with Crippen molar-refractivity contribution >= 4 is 22.6 Å². The number of anilines is 1. The number of nitrogens with zero attached hydrogens (tertiary/aromatic N) is 1. The number of carboxylic acids is 1. The second-order valence-corrected chi connectivity index (χ2v) is 4.68. The van der Waals surface area contributed by atoms with Crippen LogP contribution in [0.3, 0.4) is 0 Å². The molecule has 0 bridgehead atoms. The number of para-hydroxylation sites is 1. The normalized spacial score (nSPS) is 12.3. The number of aliphatic hydroxyl groups is 1. The van der Waals surface area contributed by atoms with Gasteiger partial charge in [-0.2, -0.15) is 0 Å². The summed E-state index contributed by atoms with van der Waals surface area (Å²) in [5.41, 5.74) is 2.07. The summed E-state index contributed by atoms with van der Waals surface area (Å²) < 4.78 is 0. The third-order valence-corrected chi connectivity index (χ3v) is 3.17. The fourth-order valence-electron chi connectivity index (χ4n) is 2.09. The quantitative estimate of drug-likeness (QED) is 0.751. The molecule has 0 aliphatic carbocycles. The zero-order valence-electron chi connectivity index (χ0n) is 11.3. The molecule has 1 aromatic carbocycles. The smallest absolute Gasteiger partial charge is 0.309 e. The Balaban J connectivity index is 2.45. The summed E-state index contributed by atoms with van der Waals surface area (Å²) in [5.74, 6) is -0.909. The monoisotopic (exact) mass is 274 g/mol. The average Bonchev–Trinajstić information content (AvgIpc) is 2.43. The fourth-order valence-corrected chi connectivity index (χ4v) is 2.09. The summed E-state index contributed by atoms with van der Waals surface area (Å²) >= 11 is 0. The summed E-state index contributed by atoms with van der Waals surface area (Å²) in [4.78, 5) is 15.2. The molecule has 1 unspecified atom stereocenters. The summed E-state index contributed by atoms with van der Waals surface area (Å²) in [6.45, 7) is 2.01. The van der Waals surface area contributed by atoms with E-state index in [4.69, 9.17) is 5.11 Å². The van der Waals surface area contributed by atoms with Gasteiger partial charge in [-0.05, 0) is 18.6 Å². The minimum atomic E-state index is -0.909. The first-order chi connectivity index (χ1) is 9.63. The summed E-state index contributed by atoms with van der Waals surface area (Å²) in [6.07, 6.45) is 0.664. The standard InChI is InChI=1S/C15H18N2O3/c1-2-10(9-18)16-14-7-11(8-15(19)20)17-13-6-4-3-5-12(13)14/h3-7,10,18H,2,8-9H2,1H3,(H,16,17)(H,19,20). The molecule has 0 aliphatic heterocycles. The number of carbonyl (C=O) groups is 1. The molecule has 20 heavy (non-hydrogen) atoms. The SMILES string of the molecule is CCC(CO)Nc1cc(CC(=O)O)nc2ccccc12. The van der Waals surface area contributed by atoms with Crippen LogP contribution in [0.5, 0.6) is 0 Å². The molecule has 1 heterocycles. The average molecular weight is 274 g/mol. The number of rotatable bonds is 6. The van der Waals surface area contributed by atoms with Crippen LogP contribution < -0.4 is 5.32 Å². The number of carboxylic acid groups (broad SMARTS) is 1. The van der Waals surface area contributed by atoms with Gasteiger partial charge in [0.2, 0.25) is 0 Å². The van der Waals surface area contributed by atoms with E-state index < -0.39 is 5.97 Å². The van der Waals surface area contributed by atoms with E-state index in [1.807, 2.05) is 31.2 Å². The van der Waals surface area contributed by atoms with Gasteiger partial charge in [0.1, 0.15) is 0 Å². The molecule has 0 spiro atoms. The van der Waals surface area contributed by atoms with Crippen LogP contribution in [0.4, 0.5) is 5.69 Å². The van der Waals surface area contributed by atoms with Crippen molar-refractivity contribution in [1.29, 1.82) is 0 Å². The van der Waals surface area contributed by atoms with Crippen molar-refractivity contribution in [2.75, 3.05) is 11.9 Å². The van der Waals surface area contributed by atoms with E-state index in [-0.39, 0.29) is 19.1 Å². The first-order valence-corrected chi connectivity index (χ1v) is 6.62. The summed E-state index contributed by atoms with van der Waals surface area (Å²) in [6, 6.07) is 9.25. The van der Waals surface area contributed by atoms with Crippen molar-refractivity contribution < 1.29 is 15.0 Å². The summed E-state index contributed by atoms with van der Waals surface area (Å²) in [7, 11) is 0. The van der Waals surface area contributed by atoms with E-state index in [2.05, 4.69) is 10.3 Å². The highest BCUT2D eigenvalue weighted by atomic mass is 16.4. The number of hydrogen-bond acceptors (Lipinski definition) is 4. The van der Waals surface area contributed by atoms with E-state index in [1.165, 1.54) is 0 Å². The molecule has 0 radical (unpaired) electrons. The van der Waals surface area contributed by atoms with Gasteiger partial charge in [0.25, 0.3) is 0 Å². The van der Waals surface area contributed by atoms with Gasteiger partial charge in [-0.25, -0.2) is 0 Å². The molecule has 5 heteroatoms. The van der Waals surface area contributed by atoms with E-state index in [0.717, 1.165) is 23.0 Å². The number of aromatic nitrogens is 1. The largest absolute Gasteiger partial charge is 0.481 e. The minimum absolute atomic E-state index is 0.0292. The van der Waals surface area contributed by atoms with Crippen LogP contribution >= 0.6 is 0 Å². The highest BCUT2D eigenvalue weighted by Gasteiger charge is 2.11. The molecule has 106 valence electrons. The Morgan fingerprint density at radius 3 is 2.80 bits per heavy atom. The van der Waals surface area contributed by atoms with Crippen molar-refractivity contribution in [3.05, 3.63) is 36.0 Å². The summed E-state index contributed by atoms with van der Waals surface area (Å²) in [5, 5.41) is 22.4. The molecule has 1 atom stereocenters. The molecule has 2 aromatic rings. The number of aliphatic hydroxyl groups excluding tert-OH is 1. The molecule has 0 saturated heterocycles. The first kappa shape index (κ1) is 14.3. The number of benzene rings is 1. The number of fused-ring (bicyclic) bond motifs is 1. The Morgan fingerprint density at radius 2 is 2.15 bits per heavy atom. The van der Waals surface area contributed by atoms with Gasteiger partial charge in [0.15, 0.2) is 0 Å². The highest BCUT2D eigenvalue weighted by molar-refractivity contribution is 5.92. The van der Waals surface area contributed by atoms with E-state index in [9.17, 15) is 9.90 Å². The second kappa shape index (κ2) is 6.34. The van der Waals surface area contributed by atoms with Gasteiger partial charge in [-0.3, -0.25) is 9.78 Å². The third kappa shape index (κ3) is 3.24. The lowest BCUT2D eigenvalue weighted by Gasteiger charge is -2.18. The van der Waals surface area contributed by atoms with Crippen molar-refractivity contribution in [2.45, 2.75) is 25.8 Å². The fraction of sp³-hybridized carbons (Fsp3) is 0.333. The zero-order valence-corrected chi connectivity index (χ0v) is 11.3. The van der Waals surface area contributed by atoms with Crippen LogP contribution in [-0.2, 0) is 11.2 Å². The van der Waals surface area contributed by atoms with Gasteiger partial charge in [0, 0.05) is 17.1 Å². The minimum Gasteiger partial charge on any atom is -0.481 e. The van der Waals surface area contributed by atoms with Crippen molar-refractivity contribution in [3.8, 4) is 0 Å². The predicted molar refractivity (Wildman–Crippen MR) is 77.9 cm³/mol. The molecule has 3 N–H and O–H groups in total. The molecular weight excluding hydrogens is 256 g/mol. The Bertz CT molecular complexity index is 609. The Labute approximate surface area is 117 Å². The lowest BCUT2D eigenvalue weighted by Crippen LogP contribution is -2.23. The van der Waals surface area contributed by atoms with Crippen LogP contribution in [-0.4, -0.2) is 33.8 Å². The Hall–Kier alpha value is -2.14. The first-order valence-electron chi connectivity index (χ1n) is 6.62. The molecule has 0 aliphatic rings. The molecule has 0 amide bonds. The molecule has 0 fully saturated rings. The van der Waals surface area contributed by atoms with Crippen molar-refractivity contribution in [1.82, 2.24) is 4.98 Å². The number of nitrogens with one attached hydrogen (secondary N) is 1. The highest BCUT2D eigenvalue weighted by Crippen LogP contribution is 2.24. The molecule has 0 saturated carbocycles. The topological polar surface area (TPSA) is 82.5 Å². The van der Waals surface area contributed by atoms with E-state index in [1.54, 1.807) is 6.07 Å². The lowest BCUT2D eigenvalue weighted by atomic mass is 10.1. The van der Waals surface area contributed by atoms with Crippen LogP contribution in [0.1, 0.15) is 19.0 Å². The second-order valence-electron chi connectivity index (χ2n) is 4.68. The van der Waals surface area contributed by atoms with Crippen LogP contribution in [0.25, 0.3) is 10.9 Å². The van der Waals surface area contributed by atoms with Gasteiger partial charge in [0.05, 0.1) is 24.2 Å². The van der Waals surface area contributed by atoms with Crippen LogP contribution in [0.15, 0.2) is 30.3 Å². The molecule has 5 nitrogen and oxygen atoms in total. The van der Waals surface area contributed by atoms with Crippen LogP contribution in [0.2, 0.25) is 0 Å². The van der Waals surface area contributed by atoms with Gasteiger partial charge >= 0.3 is 5.97 Å².